The van der Waals surface area contributed by atoms with Gasteiger partial charge in [0.2, 0.25) is 17.7 Å². The molecule has 0 saturated carbocycles. The van der Waals surface area contributed by atoms with Crippen molar-refractivity contribution in [3.8, 4) is 0 Å². The van der Waals surface area contributed by atoms with Crippen LogP contribution in [0.25, 0.3) is 6.08 Å². The summed E-state index contributed by atoms with van der Waals surface area (Å²) in [6.45, 7) is 5.31. The van der Waals surface area contributed by atoms with Gasteiger partial charge in [-0.1, -0.05) is 51.7 Å². The summed E-state index contributed by atoms with van der Waals surface area (Å²) in [5, 5.41) is 24.4. The molecule has 4 N–H and O–H groups in total. The van der Waals surface area contributed by atoms with Crippen LogP contribution in [0.15, 0.2) is 42.0 Å². The molecule has 12 nitrogen and oxygen atoms in total. The van der Waals surface area contributed by atoms with Crippen molar-refractivity contribution in [3.63, 3.8) is 0 Å². The van der Waals surface area contributed by atoms with E-state index in [9.17, 15) is 24.3 Å². The van der Waals surface area contributed by atoms with Crippen molar-refractivity contribution in [1.29, 1.82) is 0 Å². The summed E-state index contributed by atoms with van der Waals surface area (Å²) in [7, 11) is 3.32. The fourth-order valence-electron chi connectivity index (χ4n) is 5.78. The van der Waals surface area contributed by atoms with Crippen molar-refractivity contribution in [1.82, 2.24) is 15.5 Å². The minimum Gasteiger partial charge on any atom is -0.456 e. The number of benzene rings is 1. The molecule has 0 aromatic heterocycles. The van der Waals surface area contributed by atoms with E-state index in [1.165, 1.54) is 17.9 Å². The summed E-state index contributed by atoms with van der Waals surface area (Å²) >= 11 is 0. The molecule has 1 fully saturated rings. The van der Waals surface area contributed by atoms with Gasteiger partial charge in [0, 0.05) is 51.6 Å². The molecule has 48 heavy (non-hydrogen) atoms. The van der Waals surface area contributed by atoms with Crippen LogP contribution in [-0.4, -0.2) is 102 Å². The minimum absolute atomic E-state index is 0.000354. The fourth-order valence-corrected chi connectivity index (χ4v) is 5.78. The average molecular weight is 672 g/mol. The van der Waals surface area contributed by atoms with Crippen molar-refractivity contribution in [2.24, 2.45) is 0 Å². The Morgan fingerprint density at radius 3 is 2.25 bits per heavy atom. The second-order valence-electron chi connectivity index (χ2n) is 12.7. The lowest BCUT2D eigenvalue weighted by atomic mass is 9.91. The Morgan fingerprint density at radius 2 is 1.69 bits per heavy atom. The number of hydrogen-bond acceptors (Lipinski definition) is 9. The Balaban J connectivity index is 1.87. The number of fused-ring (bicyclic) bond motifs is 1. The van der Waals surface area contributed by atoms with Crippen molar-refractivity contribution >= 4 is 29.8 Å². The van der Waals surface area contributed by atoms with Crippen molar-refractivity contribution < 1.29 is 43.6 Å². The van der Waals surface area contributed by atoms with Gasteiger partial charge in [0.25, 0.3) is 0 Å². The smallest absolute Gasteiger partial charge is 0.338 e. The van der Waals surface area contributed by atoms with E-state index in [4.69, 9.17) is 19.3 Å². The van der Waals surface area contributed by atoms with E-state index < -0.39 is 54.0 Å². The monoisotopic (exact) mass is 671 g/mol. The Labute approximate surface area is 283 Å². The van der Waals surface area contributed by atoms with Gasteiger partial charge in [-0.2, -0.15) is 0 Å². The average Bonchev–Trinajstić information content (AvgIpc) is 3.43. The van der Waals surface area contributed by atoms with Gasteiger partial charge >= 0.3 is 5.97 Å². The number of nitrogens with zero attached hydrogens (tertiary/aromatic N) is 1. The number of ether oxygens (including phenoxy) is 3. The maximum atomic E-state index is 13.6. The number of esters is 1. The lowest BCUT2D eigenvalue weighted by Crippen LogP contribution is -2.54. The van der Waals surface area contributed by atoms with Gasteiger partial charge in [-0.05, 0) is 49.6 Å². The number of rotatable bonds is 18. The van der Waals surface area contributed by atoms with Gasteiger partial charge in [0.1, 0.15) is 24.4 Å². The summed E-state index contributed by atoms with van der Waals surface area (Å²) in [6.07, 6.45) is 8.51. The highest BCUT2D eigenvalue weighted by Gasteiger charge is 2.52. The molecule has 1 aromatic rings. The third-order valence-electron chi connectivity index (χ3n) is 8.52. The van der Waals surface area contributed by atoms with Crippen molar-refractivity contribution in [3.05, 3.63) is 53.1 Å². The SMILES string of the molecule is CCCCCC1(CCCCC)OC2C=C(C(=O)NC(C(=O)NCCO)C(C)O)CC(OC(=O)c3ccc(C=CC(=O)N(C)C)cc3)C2O1. The van der Waals surface area contributed by atoms with E-state index in [2.05, 4.69) is 24.5 Å². The number of carbonyl (C=O) groups excluding carboxylic acids is 4. The van der Waals surface area contributed by atoms with E-state index in [-0.39, 0.29) is 36.6 Å². The Bertz CT molecular complexity index is 1280. The molecule has 5 unspecified atom stereocenters. The highest BCUT2D eigenvalue weighted by Crippen LogP contribution is 2.43. The standard InChI is InChI=1S/C36H53N3O9/c1-6-8-10-18-36(19-11-9-7-2)47-29-23-27(33(43)38-31(24(3)41)34(44)37-20-21-40)22-28(32(29)48-36)46-35(45)26-15-12-25(13-16-26)14-17-30(42)39(4)5/h12-17,23-24,28-29,31-32,40-41H,6-11,18-22H2,1-5H3,(H,37,44)(H,38,43). The molecule has 3 amide bonds. The van der Waals surface area contributed by atoms with E-state index in [0.29, 0.717) is 12.8 Å². The Kier molecular flexibility index (Phi) is 15.2. The van der Waals surface area contributed by atoms with Gasteiger partial charge in [-0.3, -0.25) is 14.4 Å². The van der Waals surface area contributed by atoms with E-state index in [1.54, 1.807) is 50.5 Å². The minimum atomic E-state index is -1.27. The summed E-state index contributed by atoms with van der Waals surface area (Å²) in [6, 6.07) is 5.36. The van der Waals surface area contributed by atoms with Crippen molar-refractivity contribution in [2.45, 2.75) is 115 Å². The lowest BCUT2D eigenvalue weighted by molar-refractivity contribution is -0.190. The molecule has 2 aliphatic rings. The van der Waals surface area contributed by atoms with Crippen molar-refractivity contribution in [2.75, 3.05) is 27.2 Å². The molecule has 0 radical (unpaired) electrons. The predicted octanol–water partition coefficient (Wildman–Crippen LogP) is 3.26. The van der Waals surface area contributed by atoms with Crippen LogP contribution in [0.1, 0.15) is 94.5 Å². The number of likely N-dealkylation sites (N-methyl/N-ethyl adjacent to an activating group) is 1. The van der Waals surface area contributed by atoms with Crippen LogP contribution in [-0.2, 0) is 28.6 Å². The first-order chi connectivity index (χ1) is 22.9. The molecule has 3 rings (SSSR count). The summed E-state index contributed by atoms with van der Waals surface area (Å²) in [5.74, 6) is -2.91. The van der Waals surface area contributed by atoms with E-state index in [0.717, 1.165) is 44.1 Å². The van der Waals surface area contributed by atoms with E-state index >= 15 is 0 Å². The van der Waals surface area contributed by atoms with Crippen LogP contribution in [0.4, 0.5) is 0 Å². The van der Waals surface area contributed by atoms with Crippen LogP contribution in [0.3, 0.4) is 0 Å². The summed E-state index contributed by atoms with van der Waals surface area (Å²) < 4.78 is 19.3. The zero-order valence-electron chi connectivity index (χ0n) is 28.9. The number of aliphatic hydroxyl groups is 2. The van der Waals surface area contributed by atoms with Gasteiger partial charge in [0.05, 0.1) is 18.3 Å². The third-order valence-corrected chi connectivity index (χ3v) is 8.52. The summed E-state index contributed by atoms with van der Waals surface area (Å²) in [4.78, 5) is 53.0. The molecule has 1 aliphatic heterocycles. The zero-order valence-corrected chi connectivity index (χ0v) is 28.9. The van der Waals surface area contributed by atoms with Crippen LogP contribution >= 0.6 is 0 Å². The second-order valence-corrected chi connectivity index (χ2v) is 12.7. The molecule has 12 heteroatoms. The molecule has 5 atom stereocenters. The number of amides is 3. The first kappa shape index (κ1) is 38.9. The second kappa shape index (κ2) is 18.8. The zero-order chi connectivity index (χ0) is 35.3. The Hall–Kier alpha value is -3.58. The molecular formula is C36H53N3O9. The summed E-state index contributed by atoms with van der Waals surface area (Å²) in [5.41, 5.74) is 1.25. The molecule has 1 heterocycles. The molecule has 1 aliphatic carbocycles. The maximum Gasteiger partial charge on any atom is 0.338 e. The molecule has 1 aromatic carbocycles. The number of nitrogens with one attached hydrogen (secondary N) is 2. The van der Waals surface area contributed by atoms with Gasteiger partial charge in [0.15, 0.2) is 5.79 Å². The first-order valence-electron chi connectivity index (χ1n) is 17.1. The molecular weight excluding hydrogens is 618 g/mol. The number of carbonyl (C=O) groups is 4. The van der Waals surface area contributed by atoms with Crippen LogP contribution < -0.4 is 10.6 Å². The fraction of sp³-hybridized carbons (Fsp3) is 0.611. The normalized spacial score (nSPS) is 21.1. The molecule has 0 spiro atoms. The topological polar surface area (TPSA) is 164 Å². The largest absolute Gasteiger partial charge is 0.456 e. The van der Waals surface area contributed by atoms with Gasteiger partial charge in [-0.25, -0.2) is 4.79 Å². The molecule has 1 saturated heterocycles. The highest BCUT2D eigenvalue weighted by atomic mass is 16.8. The quantitative estimate of drug-likeness (QED) is 0.104. The highest BCUT2D eigenvalue weighted by molar-refractivity contribution is 5.98. The molecule has 0 bridgehead atoms. The van der Waals surface area contributed by atoms with E-state index in [1.807, 2.05) is 0 Å². The van der Waals surface area contributed by atoms with Gasteiger partial charge in [-0.15, -0.1) is 0 Å². The number of unbranched alkanes of at least 4 members (excludes halogenated alkanes) is 4. The van der Waals surface area contributed by atoms with Crippen LogP contribution in [0, 0.1) is 0 Å². The predicted molar refractivity (Wildman–Crippen MR) is 181 cm³/mol. The molecule has 266 valence electrons. The Morgan fingerprint density at radius 1 is 1.04 bits per heavy atom. The van der Waals surface area contributed by atoms with Crippen LogP contribution in [0.2, 0.25) is 0 Å². The third kappa shape index (κ3) is 11.0. The number of hydrogen-bond donors (Lipinski definition) is 4. The maximum absolute atomic E-state index is 13.6. The van der Waals surface area contributed by atoms with Crippen LogP contribution in [0.5, 0.6) is 0 Å². The number of aliphatic hydroxyl groups excluding tert-OH is 2. The van der Waals surface area contributed by atoms with Gasteiger partial charge < -0.3 is 40.0 Å². The lowest BCUT2D eigenvalue weighted by Gasteiger charge is -2.31. The first-order valence-corrected chi connectivity index (χ1v) is 17.1.